The molecule has 3 N–H and O–H groups in total. The second-order valence-corrected chi connectivity index (χ2v) is 7.21. The molecule has 1 amide bonds. The lowest BCUT2D eigenvalue weighted by Gasteiger charge is -2.33. The minimum absolute atomic E-state index is 0.224. The molecule has 0 saturated carbocycles. The third-order valence-corrected chi connectivity index (χ3v) is 4.90. The second-order valence-electron chi connectivity index (χ2n) is 4.79. The quantitative estimate of drug-likeness (QED) is 0.615. The molecule has 7 nitrogen and oxygen atoms in total. The number of nitrogen functional groups attached to an aromatic ring is 1. The summed E-state index contributed by atoms with van der Waals surface area (Å²) in [5.41, 5.74) is 3.32. The van der Waals surface area contributed by atoms with E-state index in [1.54, 1.807) is 23.1 Å². The van der Waals surface area contributed by atoms with E-state index >= 15 is 0 Å². The van der Waals surface area contributed by atoms with Crippen LogP contribution in [0.3, 0.4) is 0 Å². The number of nitrogens with one attached hydrogen (secondary N) is 1. The highest BCUT2D eigenvalue weighted by Crippen LogP contribution is 2.22. The molecule has 0 aromatic heterocycles. The van der Waals surface area contributed by atoms with E-state index in [-0.39, 0.29) is 19.0 Å². The Morgan fingerprint density at radius 1 is 1.29 bits per heavy atom. The Balaban J connectivity index is 2.14. The number of nitrogens with zero attached hydrogens (tertiary/aromatic N) is 2. The van der Waals surface area contributed by atoms with Crippen molar-refractivity contribution in [2.24, 2.45) is 5.84 Å². The Bertz CT molecular complexity index is 642. The average molecular weight is 333 g/mol. The first-order valence-electron chi connectivity index (χ1n) is 6.33. The van der Waals surface area contributed by atoms with Crippen LogP contribution in [0.4, 0.5) is 5.69 Å². The molecule has 1 aliphatic rings. The molecule has 1 saturated heterocycles. The fourth-order valence-corrected chi connectivity index (χ4v) is 3.21. The summed E-state index contributed by atoms with van der Waals surface area (Å²) in [5.74, 6) is 5.17. The Kier molecular flexibility index (Phi) is 4.72. The second kappa shape index (κ2) is 6.18. The average Bonchev–Trinajstić information content (AvgIpc) is 2.45. The number of hydrogen-bond acceptors (Lipinski definition) is 5. The molecule has 116 valence electrons. The third kappa shape index (κ3) is 3.65. The molecule has 0 bridgehead atoms. The maximum Gasteiger partial charge on any atom is 0.256 e. The number of halogens is 1. The van der Waals surface area contributed by atoms with Gasteiger partial charge in [0.25, 0.3) is 5.91 Å². The fraction of sp³-hybridized carbons (Fsp3) is 0.417. The van der Waals surface area contributed by atoms with Crippen molar-refractivity contribution in [3.63, 3.8) is 0 Å². The van der Waals surface area contributed by atoms with E-state index in [1.165, 1.54) is 4.31 Å². The van der Waals surface area contributed by atoms with Gasteiger partial charge in [-0.1, -0.05) is 11.6 Å². The van der Waals surface area contributed by atoms with E-state index in [4.69, 9.17) is 17.4 Å². The van der Waals surface area contributed by atoms with Crippen LogP contribution in [0.2, 0.25) is 5.02 Å². The zero-order valence-electron chi connectivity index (χ0n) is 11.5. The van der Waals surface area contributed by atoms with Gasteiger partial charge in [-0.25, -0.2) is 8.42 Å². The Labute approximate surface area is 128 Å². The monoisotopic (exact) mass is 332 g/mol. The van der Waals surface area contributed by atoms with Crippen LogP contribution in [0.25, 0.3) is 0 Å². The highest BCUT2D eigenvalue weighted by Gasteiger charge is 2.27. The summed E-state index contributed by atoms with van der Waals surface area (Å²) >= 11 is 5.91. The van der Waals surface area contributed by atoms with Crippen molar-refractivity contribution in [2.45, 2.75) is 0 Å². The Hall–Kier alpha value is -1.35. The normalized spacial score (nSPS) is 16.8. The first-order chi connectivity index (χ1) is 9.82. The molecule has 1 fully saturated rings. The van der Waals surface area contributed by atoms with Crippen LogP contribution in [-0.4, -0.2) is 56.0 Å². The summed E-state index contributed by atoms with van der Waals surface area (Å²) in [6.07, 6.45) is 1.16. The number of hydrogen-bond donors (Lipinski definition) is 2. The van der Waals surface area contributed by atoms with Crippen molar-refractivity contribution >= 4 is 33.2 Å². The van der Waals surface area contributed by atoms with Gasteiger partial charge < -0.3 is 10.3 Å². The van der Waals surface area contributed by atoms with Crippen molar-refractivity contribution in [3.05, 3.63) is 28.8 Å². The maximum atomic E-state index is 12.5. The standard InChI is InChI=1S/C12H17ClN4O3S/c1-21(19,20)17-6-4-16(5-7-17)12(18)10-8-9(13)2-3-11(10)15-14/h2-3,8,15H,4-7,14H2,1H3. The van der Waals surface area contributed by atoms with Crippen LogP contribution in [-0.2, 0) is 10.0 Å². The lowest BCUT2D eigenvalue weighted by molar-refractivity contribution is 0.0699. The molecule has 1 aromatic carbocycles. The number of anilines is 1. The zero-order valence-corrected chi connectivity index (χ0v) is 13.1. The van der Waals surface area contributed by atoms with E-state index in [0.29, 0.717) is 29.4 Å². The summed E-state index contributed by atoms with van der Waals surface area (Å²) in [6, 6.07) is 4.81. The SMILES string of the molecule is CS(=O)(=O)N1CCN(C(=O)c2cc(Cl)ccc2NN)CC1. The van der Waals surface area contributed by atoms with Crippen LogP contribution in [0.15, 0.2) is 18.2 Å². The van der Waals surface area contributed by atoms with Crippen molar-refractivity contribution in [3.8, 4) is 0 Å². The van der Waals surface area contributed by atoms with E-state index in [9.17, 15) is 13.2 Å². The summed E-state index contributed by atoms with van der Waals surface area (Å²) in [4.78, 5) is 14.1. The minimum Gasteiger partial charge on any atom is -0.336 e. The molecule has 0 radical (unpaired) electrons. The van der Waals surface area contributed by atoms with Crippen LogP contribution >= 0.6 is 11.6 Å². The summed E-state index contributed by atoms with van der Waals surface area (Å²) < 4.78 is 24.3. The van der Waals surface area contributed by atoms with Gasteiger partial charge in [-0.15, -0.1) is 0 Å². The number of carbonyl (C=O) groups is 1. The minimum atomic E-state index is -3.22. The molecular formula is C12H17ClN4O3S. The molecule has 0 atom stereocenters. The first kappa shape index (κ1) is 16.0. The summed E-state index contributed by atoms with van der Waals surface area (Å²) in [5, 5.41) is 0.437. The topological polar surface area (TPSA) is 95.7 Å². The van der Waals surface area contributed by atoms with E-state index in [0.717, 1.165) is 6.26 Å². The Morgan fingerprint density at radius 2 is 1.90 bits per heavy atom. The molecule has 9 heteroatoms. The van der Waals surface area contributed by atoms with Crippen LogP contribution in [0.1, 0.15) is 10.4 Å². The first-order valence-corrected chi connectivity index (χ1v) is 8.56. The molecule has 1 aliphatic heterocycles. The highest BCUT2D eigenvalue weighted by molar-refractivity contribution is 7.88. The van der Waals surface area contributed by atoms with Crippen molar-refractivity contribution in [1.82, 2.24) is 9.21 Å². The lowest BCUT2D eigenvalue weighted by atomic mass is 10.1. The maximum absolute atomic E-state index is 12.5. The Morgan fingerprint density at radius 3 is 2.43 bits per heavy atom. The van der Waals surface area contributed by atoms with Gasteiger partial charge in [0.05, 0.1) is 17.5 Å². The number of amides is 1. The van der Waals surface area contributed by atoms with Crippen molar-refractivity contribution in [1.29, 1.82) is 0 Å². The van der Waals surface area contributed by atoms with Gasteiger partial charge in [-0.05, 0) is 18.2 Å². The number of sulfonamides is 1. The number of carbonyl (C=O) groups excluding carboxylic acids is 1. The molecular weight excluding hydrogens is 316 g/mol. The van der Waals surface area contributed by atoms with E-state index < -0.39 is 10.0 Å². The zero-order chi connectivity index (χ0) is 15.6. The van der Waals surface area contributed by atoms with Gasteiger partial charge in [0, 0.05) is 31.2 Å². The molecule has 1 heterocycles. The fourth-order valence-electron chi connectivity index (χ4n) is 2.21. The lowest BCUT2D eigenvalue weighted by Crippen LogP contribution is -2.50. The summed E-state index contributed by atoms with van der Waals surface area (Å²) in [6.45, 7) is 1.25. The predicted octanol–water partition coefficient (Wildman–Crippen LogP) is 0.343. The molecule has 2 rings (SSSR count). The number of rotatable bonds is 3. The molecule has 1 aromatic rings. The molecule has 21 heavy (non-hydrogen) atoms. The van der Waals surface area contributed by atoms with Crippen LogP contribution in [0, 0.1) is 0 Å². The van der Waals surface area contributed by atoms with E-state index in [1.807, 2.05) is 0 Å². The van der Waals surface area contributed by atoms with Crippen molar-refractivity contribution in [2.75, 3.05) is 37.9 Å². The van der Waals surface area contributed by atoms with Gasteiger partial charge in [-0.2, -0.15) is 4.31 Å². The smallest absolute Gasteiger partial charge is 0.256 e. The van der Waals surface area contributed by atoms with Crippen LogP contribution in [0.5, 0.6) is 0 Å². The van der Waals surface area contributed by atoms with Gasteiger partial charge in [-0.3, -0.25) is 10.6 Å². The molecule has 0 spiro atoms. The van der Waals surface area contributed by atoms with Gasteiger partial charge in [0.15, 0.2) is 0 Å². The van der Waals surface area contributed by atoms with Gasteiger partial charge in [0.2, 0.25) is 10.0 Å². The number of hydrazine groups is 1. The largest absolute Gasteiger partial charge is 0.336 e. The van der Waals surface area contributed by atoms with Gasteiger partial charge >= 0.3 is 0 Å². The molecule has 0 aliphatic carbocycles. The molecule has 0 unspecified atom stereocenters. The number of benzene rings is 1. The number of piperazine rings is 1. The van der Waals surface area contributed by atoms with E-state index in [2.05, 4.69) is 5.43 Å². The van der Waals surface area contributed by atoms with Crippen molar-refractivity contribution < 1.29 is 13.2 Å². The number of nitrogens with two attached hydrogens (primary N) is 1. The van der Waals surface area contributed by atoms with Crippen LogP contribution < -0.4 is 11.3 Å². The predicted molar refractivity (Wildman–Crippen MR) is 81.6 cm³/mol. The third-order valence-electron chi connectivity index (χ3n) is 3.36. The summed E-state index contributed by atoms with van der Waals surface area (Å²) in [7, 11) is -3.22. The van der Waals surface area contributed by atoms with Gasteiger partial charge in [0.1, 0.15) is 0 Å². The highest BCUT2D eigenvalue weighted by atomic mass is 35.5.